The maximum Gasteiger partial charge on any atom is 0.248 e. The van der Waals surface area contributed by atoms with Crippen molar-refractivity contribution < 1.29 is 8.78 Å². The van der Waals surface area contributed by atoms with Crippen LogP contribution >= 0.6 is 0 Å². The molecule has 0 radical (unpaired) electrons. The Balaban J connectivity index is 2.36. The maximum absolute atomic E-state index is 12.9. The van der Waals surface area contributed by atoms with Gasteiger partial charge in [-0.2, -0.15) is 0 Å². The van der Waals surface area contributed by atoms with Gasteiger partial charge in [-0.1, -0.05) is 19.1 Å². The Labute approximate surface area is 90.7 Å². The molecule has 0 spiro atoms. The smallest absolute Gasteiger partial charge is 0.248 e. The SMILES string of the molecule is C=C(CC)CC(N)C1CCC(F)(F)CC1. The summed E-state index contributed by atoms with van der Waals surface area (Å²) >= 11 is 0. The van der Waals surface area contributed by atoms with Crippen LogP contribution in [-0.4, -0.2) is 12.0 Å². The molecule has 0 aromatic carbocycles. The molecule has 0 aliphatic heterocycles. The zero-order valence-electron chi connectivity index (χ0n) is 9.44. The molecule has 1 unspecified atom stereocenters. The van der Waals surface area contributed by atoms with Crippen LogP contribution in [0, 0.1) is 5.92 Å². The van der Waals surface area contributed by atoms with Crippen molar-refractivity contribution in [3.63, 3.8) is 0 Å². The summed E-state index contributed by atoms with van der Waals surface area (Å²) in [5, 5.41) is 0. The molecule has 2 N–H and O–H groups in total. The maximum atomic E-state index is 12.9. The molecule has 3 heteroatoms. The van der Waals surface area contributed by atoms with E-state index in [9.17, 15) is 8.78 Å². The van der Waals surface area contributed by atoms with Crippen molar-refractivity contribution in [1.82, 2.24) is 0 Å². The minimum absolute atomic E-state index is 0.00394. The first-order chi connectivity index (χ1) is 6.94. The summed E-state index contributed by atoms with van der Waals surface area (Å²) in [7, 11) is 0. The van der Waals surface area contributed by atoms with Gasteiger partial charge in [-0.15, -0.1) is 0 Å². The summed E-state index contributed by atoms with van der Waals surface area (Å²) in [6.07, 6.45) is 2.84. The van der Waals surface area contributed by atoms with Crippen molar-refractivity contribution in [1.29, 1.82) is 0 Å². The van der Waals surface area contributed by atoms with E-state index in [1.54, 1.807) is 0 Å². The molecule has 0 heterocycles. The van der Waals surface area contributed by atoms with Gasteiger partial charge in [0.1, 0.15) is 0 Å². The third kappa shape index (κ3) is 3.90. The molecular weight excluding hydrogens is 196 g/mol. The standard InChI is InChI=1S/C12H21F2N/c1-3-9(2)8-11(15)10-4-6-12(13,14)7-5-10/h10-11H,2-8,15H2,1H3. The summed E-state index contributed by atoms with van der Waals surface area (Å²) in [4.78, 5) is 0. The highest BCUT2D eigenvalue weighted by atomic mass is 19.3. The first kappa shape index (κ1) is 12.6. The predicted octanol–water partition coefficient (Wildman–Crippen LogP) is 3.50. The second-order valence-electron chi connectivity index (χ2n) is 4.66. The number of rotatable bonds is 4. The van der Waals surface area contributed by atoms with Crippen LogP contribution in [0.25, 0.3) is 0 Å². The molecule has 1 rings (SSSR count). The predicted molar refractivity (Wildman–Crippen MR) is 58.9 cm³/mol. The van der Waals surface area contributed by atoms with Crippen molar-refractivity contribution in [3.8, 4) is 0 Å². The highest BCUT2D eigenvalue weighted by molar-refractivity contribution is 4.98. The van der Waals surface area contributed by atoms with Crippen molar-refractivity contribution in [3.05, 3.63) is 12.2 Å². The minimum Gasteiger partial charge on any atom is -0.327 e. The third-order valence-electron chi connectivity index (χ3n) is 3.39. The normalized spacial score (nSPS) is 23.7. The molecule has 15 heavy (non-hydrogen) atoms. The number of alkyl halides is 2. The van der Waals surface area contributed by atoms with Gasteiger partial charge >= 0.3 is 0 Å². The molecule has 0 aromatic rings. The first-order valence-corrected chi connectivity index (χ1v) is 5.74. The van der Waals surface area contributed by atoms with Crippen molar-refractivity contribution in [2.45, 2.75) is 57.4 Å². The van der Waals surface area contributed by atoms with Crippen LogP contribution in [0.15, 0.2) is 12.2 Å². The lowest BCUT2D eigenvalue weighted by molar-refractivity contribution is -0.0481. The van der Waals surface area contributed by atoms with Gasteiger partial charge in [0.05, 0.1) is 0 Å². The molecule has 1 nitrogen and oxygen atoms in total. The van der Waals surface area contributed by atoms with E-state index in [1.807, 2.05) is 6.92 Å². The average Bonchev–Trinajstić information content (AvgIpc) is 2.17. The molecule has 1 aliphatic carbocycles. The Morgan fingerprint density at radius 2 is 2.00 bits per heavy atom. The first-order valence-electron chi connectivity index (χ1n) is 5.74. The number of halogens is 2. The lowest BCUT2D eigenvalue weighted by atomic mass is 9.80. The van der Waals surface area contributed by atoms with E-state index in [-0.39, 0.29) is 24.8 Å². The van der Waals surface area contributed by atoms with Gasteiger partial charge in [0.25, 0.3) is 0 Å². The Morgan fingerprint density at radius 1 is 1.47 bits per heavy atom. The topological polar surface area (TPSA) is 26.0 Å². The molecule has 0 saturated heterocycles. The van der Waals surface area contributed by atoms with E-state index in [0.717, 1.165) is 18.4 Å². The van der Waals surface area contributed by atoms with E-state index in [0.29, 0.717) is 12.8 Å². The van der Waals surface area contributed by atoms with Crippen LogP contribution in [0.2, 0.25) is 0 Å². The molecule has 0 bridgehead atoms. The Hall–Kier alpha value is -0.440. The molecule has 0 amide bonds. The number of nitrogens with two attached hydrogens (primary N) is 1. The Bertz CT molecular complexity index is 216. The highest BCUT2D eigenvalue weighted by Crippen LogP contribution is 2.37. The fraction of sp³-hybridized carbons (Fsp3) is 0.833. The molecule has 0 aromatic heterocycles. The summed E-state index contributed by atoms with van der Waals surface area (Å²) in [5.74, 6) is -2.19. The van der Waals surface area contributed by atoms with E-state index in [2.05, 4.69) is 6.58 Å². The zero-order valence-corrected chi connectivity index (χ0v) is 9.44. The average molecular weight is 217 g/mol. The number of hydrogen-bond acceptors (Lipinski definition) is 1. The van der Waals surface area contributed by atoms with Gasteiger partial charge in [0, 0.05) is 18.9 Å². The third-order valence-corrected chi connectivity index (χ3v) is 3.39. The van der Waals surface area contributed by atoms with Crippen LogP contribution in [0.3, 0.4) is 0 Å². The van der Waals surface area contributed by atoms with Crippen molar-refractivity contribution >= 4 is 0 Å². The molecule has 88 valence electrons. The summed E-state index contributed by atoms with van der Waals surface area (Å²) in [6, 6.07) is 0.0218. The largest absolute Gasteiger partial charge is 0.327 e. The monoisotopic (exact) mass is 217 g/mol. The lowest BCUT2D eigenvalue weighted by Gasteiger charge is -2.32. The Kier molecular flexibility index (Phi) is 4.26. The zero-order chi connectivity index (χ0) is 11.5. The van der Waals surface area contributed by atoms with Gasteiger partial charge in [-0.3, -0.25) is 0 Å². The summed E-state index contributed by atoms with van der Waals surface area (Å²) < 4.78 is 25.8. The molecule has 1 saturated carbocycles. The Morgan fingerprint density at radius 3 is 2.47 bits per heavy atom. The van der Waals surface area contributed by atoms with Gasteiger partial charge in [-0.05, 0) is 31.6 Å². The van der Waals surface area contributed by atoms with Gasteiger partial charge in [0.2, 0.25) is 5.92 Å². The van der Waals surface area contributed by atoms with Gasteiger partial charge in [-0.25, -0.2) is 8.78 Å². The molecule has 1 fully saturated rings. The van der Waals surface area contributed by atoms with Crippen LogP contribution in [0.5, 0.6) is 0 Å². The fourth-order valence-electron chi connectivity index (χ4n) is 2.13. The van der Waals surface area contributed by atoms with Crippen LogP contribution in [0.4, 0.5) is 8.78 Å². The minimum atomic E-state index is -2.45. The van der Waals surface area contributed by atoms with E-state index >= 15 is 0 Å². The van der Waals surface area contributed by atoms with Crippen LogP contribution in [0.1, 0.15) is 45.4 Å². The van der Waals surface area contributed by atoms with Crippen molar-refractivity contribution in [2.75, 3.05) is 0 Å². The molecular formula is C12H21F2N. The van der Waals surface area contributed by atoms with Crippen LogP contribution < -0.4 is 5.73 Å². The highest BCUT2D eigenvalue weighted by Gasteiger charge is 2.36. The number of hydrogen-bond donors (Lipinski definition) is 1. The lowest BCUT2D eigenvalue weighted by Crippen LogP contribution is -2.36. The van der Waals surface area contributed by atoms with E-state index in [4.69, 9.17) is 5.73 Å². The summed E-state index contributed by atoms with van der Waals surface area (Å²) in [5.41, 5.74) is 7.13. The van der Waals surface area contributed by atoms with Gasteiger partial charge < -0.3 is 5.73 Å². The van der Waals surface area contributed by atoms with E-state index in [1.165, 1.54) is 0 Å². The van der Waals surface area contributed by atoms with Crippen molar-refractivity contribution in [2.24, 2.45) is 11.7 Å². The summed E-state index contributed by atoms with van der Waals surface area (Å²) in [6.45, 7) is 5.95. The second kappa shape index (κ2) is 5.06. The van der Waals surface area contributed by atoms with Gasteiger partial charge in [0.15, 0.2) is 0 Å². The van der Waals surface area contributed by atoms with E-state index < -0.39 is 5.92 Å². The molecule has 1 atom stereocenters. The molecule has 1 aliphatic rings. The second-order valence-corrected chi connectivity index (χ2v) is 4.66. The fourth-order valence-corrected chi connectivity index (χ4v) is 2.13. The van der Waals surface area contributed by atoms with Crippen LogP contribution in [-0.2, 0) is 0 Å². The quantitative estimate of drug-likeness (QED) is 0.717.